The van der Waals surface area contributed by atoms with E-state index in [-0.39, 0.29) is 11.4 Å². The van der Waals surface area contributed by atoms with Crippen LogP contribution in [0.1, 0.15) is 5.69 Å². The largest absolute Gasteiger partial charge is 0.336 e. The maximum atomic E-state index is 13.7. The molecule has 19 heavy (non-hydrogen) atoms. The molecule has 96 valence electrons. The third kappa shape index (κ3) is 1.85. The van der Waals surface area contributed by atoms with Crippen molar-refractivity contribution in [3.05, 3.63) is 47.4 Å². The maximum absolute atomic E-state index is 13.7. The molecule has 0 radical (unpaired) electrons. The van der Waals surface area contributed by atoms with E-state index in [0.29, 0.717) is 11.2 Å². The van der Waals surface area contributed by atoms with Crippen LogP contribution in [0.5, 0.6) is 0 Å². The lowest BCUT2D eigenvalue weighted by Crippen LogP contribution is -1.94. The molecule has 3 rings (SSSR count). The van der Waals surface area contributed by atoms with E-state index in [2.05, 4.69) is 15.0 Å². The summed E-state index contributed by atoms with van der Waals surface area (Å²) in [7, 11) is 0. The molecule has 0 atom stereocenters. The van der Waals surface area contributed by atoms with E-state index in [1.807, 2.05) is 0 Å². The monoisotopic (exact) mass is 263 g/mol. The molecule has 0 aliphatic heterocycles. The van der Waals surface area contributed by atoms with E-state index in [9.17, 15) is 13.2 Å². The predicted octanol–water partition coefficient (Wildman–Crippen LogP) is 3.35. The molecule has 1 N–H and O–H groups in total. The van der Waals surface area contributed by atoms with Crippen LogP contribution >= 0.6 is 0 Å². The van der Waals surface area contributed by atoms with Crippen molar-refractivity contribution in [3.8, 4) is 11.4 Å². The first-order valence-corrected chi connectivity index (χ1v) is 5.53. The van der Waals surface area contributed by atoms with Crippen molar-refractivity contribution in [2.75, 3.05) is 0 Å². The normalized spacial score (nSPS) is 11.2. The highest BCUT2D eigenvalue weighted by Crippen LogP contribution is 2.25. The lowest BCUT2D eigenvalue weighted by molar-refractivity contribution is 0.448. The number of nitrogens with one attached hydrogen (secondary N) is 1. The smallest absolute Gasteiger partial charge is 0.195 e. The number of aromatic amines is 1. The summed E-state index contributed by atoms with van der Waals surface area (Å²) in [4.78, 5) is 11.1. The Balaban J connectivity index is 2.22. The molecular formula is C13H8F3N3. The van der Waals surface area contributed by atoms with Crippen molar-refractivity contribution in [1.82, 2.24) is 15.0 Å². The van der Waals surface area contributed by atoms with Gasteiger partial charge in [-0.25, -0.2) is 23.1 Å². The summed E-state index contributed by atoms with van der Waals surface area (Å²) in [5.41, 5.74) is 1.63. The number of pyridine rings is 1. The van der Waals surface area contributed by atoms with Crippen molar-refractivity contribution in [1.29, 1.82) is 0 Å². The third-order valence-electron chi connectivity index (χ3n) is 2.78. The molecule has 6 heteroatoms. The first kappa shape index (κ1) is 11.7. The second-order valence-electron chi connectivity index (χ2n) is 4.13. The van der Waals surface area contributed by atoms with Crippen LogP contribution in [-0.4, -0.2) is 15.0 Å². The van der Waals surface area contributed by atoms with Gasteiger partial charge in [0.05, 0.1) is 11.1 Å². The van der Waals surface area contributed by atoms with Gasteiger partial charge in [-0.3, -0.25) is 0 Å². The highest BCUT2D eigenvalue weighted by molar-refractivity contribution is 5.76. The Bertz CT molecular complexity index is 780. The molecule has 0 aliphatic rings. The van der Waals surface area contributed by atoms with Crippen molar-refractivity contribution in [2.24, 2.45) is 0 Å². The minimum atomic E-state index is -1.51. The summed E-state index contributed by atoms with van der Waals surface area (Å²) >= 11 is 0. The second-order valence-corrected chi connectivity index (χ2v) is 4.13. The summed E-state index contributed by atoms with van der Waals surface area (Å²) < 4.78 is 39.7. The Labute approximate surface area is 106 Å². The Hall–Kier alpha value is -2.37. The zero-order chi connectivity index (χ0) is 13.6. The Morgan fingerprint density at radius 1 is 0.947 bits per heavy atom. The van der Waals surface area contributed by atoms with Crippen LogP contribution in [0.15, 0.2) is 24.3 Å². The van der Waals surface area contributed by atoms with E-state index >= 15 is 0 Å². The van der Waals surface area contributed by atoms with Gasteiger partial charge in [-0.05, 0) is 31.2 Å². The quantitative estimate of drug-likeness (QED) is 0.684. The highest BCUT2D eigenvalue weighted by Gasteiger charge is 2.17. The Morgan fingerprint density at radius 2 is 1.74 bits per heavy atom. The topological polar surface area (TPSA) is 41.6 Å². The van der Waals surface area contributed by atoms with Gasteiger partial charge >= 0.3 is 0 Å². The zero-order valence-electron chi connectivity index (χ0n) is 9.84. The van der Waals surface area contributed by atoms with Gasteiger partial charge in [0, 0.05) is 5.69 Å². The molecule has 2 aromatic heterocycles. The fourth-order valence-corrected chi connectivity index (χ4v) is 1.82. The van der Waals surface area contributed by atoms with Crippen LogP contribution in [0, 0.1) is 24.4 Å². The van der Waals surface area contributed by atoms with Crippen LogP contribution in [0.4, 0.5) is 13.2 Å². The summed E-state index contributed by atoms with van der Waals surface area (Å²) in [6.07, 6.45) is 0. The standard InChI is InChI=1S/C13H8F3N3/c1-6-2-5-9-13(17-6)19-12(18-9)7-3-4-8(14)11(16)10(7)15/h2-5H,1H3,(H,17,18,19). The molecule has 3 nitrogen and oxygen atoms in total. The SMILES string of the molecule is Cc1ccc2[nH]c(-c3ccc(F)c(F)c3F)nc2n1. The van der Waals surface area contributed by atoms with E-state index in [1.165, 1.54) is 0 Å². The molecule has 0 bridgehead atoms. The number of nitrogens with zero attached hydrogens (tertiary/aromatic N) is 2. The molecule has 2 heterocycles. The number of rotatable bonds is 1. The molecule has 0 fully saturated rings. The van der Waals surface area contributed by atoms with Crippen LogP contribution in [0.25, 0.3) is 22.6 Å². The van der Waals surface area contributed by atoms with Crippen molar-refractivity contribution in [2.45, 2.75) is 6.92 Å². The first-order valence-electron chi connectivity index (χ1n) is 5.53. The predicted molar refractivity (Wildman–Crippen MR) is 63.9 cm³/mol. The van der Waals surface area contributed by atoms with Crippen LogP contribution in [-0.2, 0) is 0 Å². The molecule has 0 aliphatic carbocycles. The zero-order valence-corrected chi connectivity index (χ0v) is 9.84. The minimum Gasteiger partial charge on any atom is -0.336 e. The number of imidazole rings is 1. The fraction of sp³-hybridized carbons (Fsp3) is 0.0769. The number of benzene rings is 1. The van der Waals surface area contributed by atoms with Crippen molar-refractivity contribution >= 4 is 11.2 Å². The third-order valence-corrected chi connectivity index (χ3v) is 2.78. The Morgan fingerprint density at radius 3 is 2.53 bits per heavy atom. The first-order chi connectivity index (χ1) is 9.06. The average Bonchev–Trinajstić information content (AvgIpc) is 2.78. The van der Waals surface area contributed by atoms with Crippen LogP contribution in [0.2, 0.25) is 0 Å². The lowest BCUT2D eigenvalue weighted by Gasteiger charge is -2.00. The number of hydrogen-bond donors (Lipinski definition) is 1. The number of hydrogen-bond acceptors (Lipinski definition) is 2. The van der Waals surface area contributed by atoms with Gasteiger partial charge in [-0.15, -0.1) is 0 Å². The fourth-order valence-electron chi connectivity index (χ4n) is 1.82. The molecule has 0 saturated heterocycles. The number of H-pyrrole nitrogens is 1. The number of fused-ring (bicyclic) bond motifs is 1. The van der Waals surface area contributed by atoms with Gasteiger partial charge in [-0.2, -0.15) is 0 Å². The van der Waals surface area contributed by atoms with Gasteiger partial charge in [0.2, 0.25) is 0 Å². The second kappa shape index (κ2) is 4.08. The molecule has 0 amide bonds. The molecule has 0 spiro atoms. The minimum absolute atomic E-state index is 0.115. The number of aromatic nitrogens is 3. The maximum Gasteiger partial charge on any atom is 0.195 e. The molecule has 0 unspecified atom stereocenters. The number of halogens is 3. The van der Waals surface area contributed by atoms with Gasteiger partial charge in [0.1, 0.15) is 5.82 Å². The van der Waals surface area contributed by atoms with Gasteiger partial charge < -0.3 is 4.98 Å². The summed E-state index contributed by atoms with van der Waals surface area (Å²) in [5, 5.41) is 0. The molecule has 0 saturated carbocycles. The van der Waals surface area contributed by atoms with Gasteiger partial charge in [0.15, 0.2) is 23.1 Å². The van der Waals surface area contributed by atoms with E-state index in [0.717, 1.165) is 17.8 Å². The summed E-state index contributed by atoms with van der Waals surface area (Å²) in [6, 6.07) is 5.51. The van der Waals surface area contributed by atoms with E-state index in [4.69, 9.17) is 0 Å². The van der Waals surface area contributed by atoms with Crippen LogP contribution < -0.4 is 0 Å². The Kier molecular flexibility index (Phi) is 2.51. The summed E-state index contributed by atoms with van der Waals surface area (Å²) in [5.74, 6) is -3.89. The molecule has 1 aromatic carbocycles. The van der Waals surface area contributed by atoms with Crippen molar-refractivity contribution < 1.29 is 13.2 Å². The summed E-state index contributed by atoms with van der Waals surface area (Å²) in [6.45, 7) is 1.80. The highest BCUT2D eigenvalue weighted by atomic mass is 19.2. The van der Waals surface area contributed by atoms with Crippen LogP contribution in [0.3, 0.4) is 0 Å². The lowest BCUT2D eigenvalue weighted by atomic mass is 10.2. The average molecular weight is 263 g/mol. The van der Waals surface area contributed by atoms with Crippen molar-refractivity contribution in [3.63, 3.8) is 0 Å². The molecular weight excluding hydrogens is 255 g/mol. The molecule has 3 aromatic rings. The van der Waals surface area contributed by atoms with Gasteiger partial charge in [-0.1, -0.05) is 0 Å². The van der Waals surface area contributed by atoms with E-state index < -0.39 is 17.5 Å². The number of aryl methyl sites for hydroxylation is 1. The van der Waals surface area contributed by atoms with E-state index in [1.54, 1.807) is 19.1 Å². The van der Waals surface area contributed by atoms with Gasteiger partial charge in [0.25, 0.3) is 0 Å².